The summed E-state index contributed by atoms with van der Waals surface area (Å²) in [4.78, 5) is 4.49. The van der Waals surface area contributed by atoms with E-state index in [1.807, 2.05) is 50.2 Å². The predicted octanol–water partition coefficient (Wildman–Crippen LogP) is 3.86. The zero-order valence-corrected chi connectivity index (χ0v) is 15.9. The normalized spacial score (nSPS) is 10.4. The molecule has 3 rings (SSSR count). The number of hydrogen-bond acceptors (Lipinski definition) is 7. The first kappa shape index (κ1) is 18.4. The Morgan fingerprint density at radius 2 is 1.70 bits per heavy atom. The lowest BCUT2D eigenvalue weighted by Crippen LogP contribution is -2.07. The Labute approximate surface area is 158 Å². The molecule has 0 aliphatic heterocycles. The van der Waals surface area contributed by atoms with E-state index in [2.05, 4.69) is 25.8 Å². The third-order valence-corrected chi connectivity index (χ3v) is 4.20. The fraction of sp³-hybridized carbons (Fsp3) is 0.250. The van der Waals surface area contributed by atoms with Gasteiger partial charge in [0, 0.05) is 12.2 Å². The molecule has 0 saturated heterocycles. The highest BCUT2D eigenvalue weighted by Crippen LogP contribution is 2.28. The third-order valence-electron chi connectivity index (χ3n) is 4.20. The van der Waals surface area contributed by atoms with Gasteiger partial charge in [0.25, 0.3) is 0 Å². The molecule has 0 spiro atoms. The Kier molecular flexibility index (Phi) is 5.71. The van der Waals surface area contributed by atoms with Gasteiger partial charge in [-0.05, 0) is 42.7 Å². The molecule has 0 saturated carbocycles. The molecule has 0 aliphatic rings. The summed E-state index contributed by atoms with van der Waals surface area (Å²) in [5.41, 5.74) is 4.29. The third kappa shape index (κ3) is 4.44. The van der Waals surface area contributed by atoms with Crippen LogP contribution in [0.2, 0.25) is 0 Å². The summed E-state index contributed by atoms with van der Waals surface area (Å²) in [6.45, 7) is 4.66. The average Bonchev–Trinajstić information content (AvgIpc) is 2.69. The largest absolute Gasteiger partial charge is 0.493 e. The van der Waals surface area contributed by atoms with Crippen molar-refractivity contribution in [3.8, 4) is 11.5 Å². The van der Waals surface area contributed by atoms with Crippen molar-refractivity contribution in [2.45, 2.75) is 20.4 Å². The van der Waals surface area contributed by atoms with E-state index in [1.165, 1.54) is 0 Å². The molecule has 3 aromatic rings. The molecule has 0 atom stereocenters. The lowest BCUT2D eigenvalue weighted by atomic mass is 10.1. The van der Waals surface area contributed by atoms with Crippen LogP contribution in [0, 0.1) is 13.8 Å². The van der Waals surface area contributed by atoms with E-state index in [9.17, 15) is 0 Å². The van der Waals surface area contributed by atoms with Crippen molar-refractivity contribution in [2.75, 3.05) is 24.9 Å². The van der Waals surface area contributed by atoms with Crippen LogP contribution in [-0.4, -0.2) is 29.4 Å². The summed E-state index contributed by atoms with van der Waals surface area (Å²) in [5, 5.41) is 14.6. The molecule has 2 N–H and O–H groups in total. The highest BCUT2D eigenvalue weighted by Gasteiger charge is 2.07. The molecule has 0 radical (unpaired) electrons. The van der Waals surface area contributed by atoms with Gasteiger partial charge in [-0.3, -0.25) is 0 Å². The van der Waals surface area contributed by atoms with Crippen LogP contribution in [0.3, 0.4) is 0 Å². The van der Waals surface area contributed by atoms with Crippen molar-refractivity contribution >= 4 is 17.5 Å². The topological polar surface area (TPSA) is 81.2 Å². The number of aromatic nitrogens is 3. The quantitative estimate of drug-likeness (QED) is 0.658. The molecule has 1 aromatic heterocycles. The molecular weight excluding hydrogens is 342 g/mol. The van der Waals surface area contributed by atoms with Crippen LogP contribution >= 0.6 is 0 Å². The number of anilines is 3. The molecule has 0 unspecified atom stereocenters. The average molecular weight is 365 g/mol. The van der Waals surface area contributed by atoms with E-state index in [0.717, 1.165) is 22.4 Å². The summed E-state index contributed by atoms with van der Waals surface area (Å²) in [6.07, 6.45) is 1.59. The van der Waals surface area contributed by atoms with Gasteiger partial charge in [0.2, 0.25) is 5.95 Å². The second-order valence-electron chi connectivity index (χ2n) is 6.10. The minimum atomic E-state index is 0.449. The fourth-order valence-corrected chi connectivity index (χ4v) is 2.75. The number of benzene rings is 2. The number of nitrogens with one attached hydrogen (secondary N) is 2. The number of hydrogen-bond donors (Lipinski definition) is 2. The van der Waals surface area contributed by atoms with E-state index in [1.54, 1.807) is 20.4 Å². The highest BCUT2D eigenvalue weighted by molar-refractivity contribution is 5.63. The van der Waals surface area contributed by atoms with Crippen molar-refractivity contribution in [1.29, 1.82) is 0 Å². The van der Waals surface area contributed by atoms with Crippen LogP contribution in [0.1, 0.15) is 16.7 Å². The molecule has 7 nitrogen and oxygen atoms in total. The van der Waals surface area contributed by atoms with E-state index >= 15 is 0 Å². The molecule has 0 aliphatic carbocycles. The molecule has 7 heteroatoms. The van der Waals surface area contributed by atoms with Crippen LogP contribution in [0.5, 0.6) is 11.5 Å². The molecule has 0 fully saturated rings. The number of methoxy groups -OCH3 is 2. The first-order chi connectivity index (χ1) is 13.1. The SMILES string of the molecule is COc1ccc(CNc2cnnc(Nc3c(C)cccc3C)n2)cc1OC. The number of para-hydroxylation sites is 1. The van der Waals surface area contributed by atoms with Crippen LogP contribution < -0.4 is 20.1 Å². The van der Waals surface area contributed by atoms with Gasteiger partial charge in [-0.15, -0.1) is 5.10 Å². The van der Waals surface area contributed by atoms with Crippen LogP contribution in [0.25, 0.3) is 0 Å². The van der Waals surface area contributed by atoms with Gasteiger partial charge in [-0.1, -0.05) is 24.3 Å². The zero-order valence-electron chi connectivity index (χ0n) is 15.9. The van der Waals surface area contributed by atoms with E-state index in [4.69, 9.17) is 9.47 Å². The molecule has 1 heterocycles. The van der Waals surface area contributed by atoms with Gasteiger partial charge >= 0.3 is 0 Å². The molecule has 0 bridgehead atoms. The minimum absolute atomic E-state index is 0.449. The Balaban J connectivity index is 1.71. The van der Waals surface area contributed by atoms with E-state index < -0.39 is 0 Å². The molecule has 140 valence electrons. The van der Waals surface area contributed by atoms with E-state index in [0.29, 0.717) is 29.8 Å². The van der Waals surface area contributed by atoms with Gasteiger partial charge in [-0.2, -0.15) is 10.1 Å². The monoisotopic (exact) mass is 365 g/mol. The second-order valence-corrected chi connectivity index (χ2v) is 6.10. The number of aryl methyl sites for hydroxylation is 2. The molecule has 0 amide bonds. The van der Waals surface area contributed by atoms with Crippen LogP contribution in [-0.2, 0) is 6.54 Å². The Hall–Kier alpha value is -3.35. The molecular formula is C20H23N5O2. The number of rotatable bonds is 7. The first-order valence-corrected chi connectivity index (χ1v) is 8.58. The second kappa shape index (κ2) is 8.35. The summed E-state index contributed by atoms with van der Waals surface area (Å²) in [6, 6.07) is 11.9. The van der Waals surface area contributed by atoms with Gasteiger partial charge < -0.3 is 20.1 Å². The Morgan fingerprint density at radius 1 is 0.963 bits per heavy atom. The standard InChI is InChI=1S/C20H23N5O2/c1-13-6-5-7-14(2)19(13)24-20-23-18(12-22-25-20)21-11-15-8-9-16(26-3)17(10-15)27-4/h5-10,12H,11H2,1-4H3,(H2,21,23,24,25). The molecule has 27 heavy (non-hydrogen) atoms. The van der Waals surface area contributed by atoms with Crippen LogP contribution in [0.4, 0.5) is 17.5 Å². The summed E-state index contributed by atoms with van der Waals surface area (Å²) in [5.74, 6) is 2.47. The van der Waals surface area contributed by atoms with Crippen molar-refractivity contribution in [2.24, 2.45) is 0 Å². The maximum absolute atomic E-state index is 5.34. The van der Waals surface area contributed by atoms with E-state index in [-0.39, 0.29) is 0 Å². The number of nitrogens with zero attached hydrogens (tertiary/aromatic N) is 3. The van der Waals surface area contributed by atoms with Crippen LogP contribution in [0.15, 0.2) is 42.6 Å². The predicted molar refractivity (Wildman–Crippen MR) is 106 cm³/mol. The fourth-order valence-electron chi connectivity index (χ4n) is 2.75. The Bertz CT molecular complexity index is 910. The van der Waals surface area contributed by atoms with Gasteiger partial charge in [0.1, 0.15) is 0 Å². The summed E-state index contributed by atoms with van der Waals surface area (Å²) < 4.78 is 10.6. The van der Waals surface area contributed by atoms with Crippen molar-refractivity contribution < 1.29 is 9.47 Å². The number of ether oxygens (including phenoxy) is 2. The lowest BCUT2D eigenvalue weighted by molar-refractivity contribution is 0.354. The van der Waals surface area contributed by atoms with Crippen molar-refractivity contribution in [3.63, 3.8) is 0 Å². The smallest absolute Gasteiger partial charge is 0.249 e. The summed E-state index contributed by atoms with van der Waals surface area (Å²) in [7, 11) is 3.24. The first-order valence-electron chi connectivity index (χ1n) is 8.58. The zero-order chi connectivity index (χ0) is 19.2. The Morgan fingerprint density at radius 3 is 2.41 bits per heavy atom. The van der Waals surface area contributed by atoms with Crippen molar-refractivity contribution in [1.82, 2.24) is 15.2 Å². The maximum Gasteiger partial charge on any atom is 0.249 e. The van der Waals surface area contributed by atoms with Gasteiger partial charge in [0.05, 0.1) is 20.4 Å². The van der Waals surface area contributed by atoms with Crippen molar-refractivity contribution in [3.05, 3.63) is 59.3 Å². The molecule has 2 aromatic carbocycles. The minimum Gasteiger partial charge on any atom is -0.493 e. The highest BCUT2D eigenvalue weighted by atomic mass is 16.5. The van der Waals surface area contributed by atoms with Gasteiger partial charge in [-0.25, -0.2) is 0 Å². The van der Waals surface area contributed by atoms with Gasteiger partial charge in [0.15, 0.2) is 17.3 Å². The lowest BCUT2D eigenvalue weighted by Gasteiger charge is -2.12. The summed E-state index contributed by atoms with van der Waals surface area (Å²) >= 11 is 0. The maximum atomic E-state index is 5.34.